The summed E-state index contributed by atoms with van der Waals surface area (Å²) in [5, 5.41) is 0. The molecule has 0 saturated heterocycles. The molecule has 0 aromatic heterocycles. The van der Waals surface area contributed by atoms with Crippen LogP contribution in [0.3, 0.4) is 0 Å². The summed E-state index contributed by atoms with van der Waals surface area (Å²) < 4.78 is 5.48. The van der Waals surface area contributed by atoms with Crippen molar-refractivity contribution in [2.75, 3.05) is 11.4 Å². The van der Waals surface area contributed by atoms with Crippen LogP contribution in [0.1, 0.15) is 46.1 Å². The molecule has 1 aromatic carbocycles. The SMILES string of the molecule is C=CCN(C(=O)OC(C)(C)C)c1ccccc1C#CCCC. The van der Waals surface area contributed by atoms with Gasteiger partial charge in [0, 0.05) is 18.5 Å². The molecule has 3 heteroatoms. The molecule has 0 N–H and O–H groups in total. The average molecular weight is 299 g/mol. The number of nitrogens with zero attached hydrogens (tertiary/aromatic N) is 1. The van der Waals surface area contributed by atoms with Crippen molar-refractivity contribution in [3.05, 3.63) is 42.5 Å². The molecule has 1 amide bonds. The molecule has 1 aromatic rings. The molecular formula is C19H25NO2. The van der Waals surface area contributed by atoms with Crippen LogP contribution in [-0.2, 0) is 4.74 Å². The van der Waals surface area contributed by atoms with Gasteiger partial charge in [-0.1, -0.05) is 37.0 Å². The zero-order valence-electron chi connectivity index (χ0n) is 14.0. The van der Waals surface area contributed by atoms with Gasteiger partial charge >= 0.3 is 6.09 Å². The molecule has 1 rings (SSSR count). The van der Waals surface area contributed by atoms with E-state index in [0.29, 0.717) is 6.54 Å². The summed E-state index contributed by atoms with van der Waals surface area (Å²) in [5.41, 5.74) is 1.03. The summed E-state index contributed by atoms with van der Waals surface area (Å²) in [6, 6.07) is 7.60. The van der Waals surface area contributed by atoms with Gasteiger partial charge in [-0.2, -0.15) is 0 Å². The monoisotopic (exact) mass is 299 g/mol. The van der Waals surface area contributed by atoms with Crippen LogP contribution in [-0.4, -0.2) is 18.2 Å². The minimum absolute atomic E-state index is 0.376. The van der Waals surface area contributed by atoms with Gasteiger partial charge in [0.2, 0.25) is 0 Å². The van der Waals surface area contributed by atoms with E-state index in [0.717, 1.165) is 24.1 Å². The number of carbonyl (C=O) groups excluding carboxylic acids is 1. The predicted octanol–water partition coefficient (Wildman–Crippen LogP) is 4.77. The number of amides is 1. The van der Waals surface area contributed by atoms with Gasteiger partial charge in [0.15, 0.2) is 0 Å². The Morgan fingerprint density at radius 3 is 2.64 bits per heavy atom. The Morgan fingerprint density at radius 2 is 2.05 bits per heavy atom. The van der Waals surface area contributed by atoms with Crippen molar-refractivity contribution < 1.29 is 9.53 Å². The molecule has 0 aliphatic rings. The van der Waals surface area contributed by atoms with Crippen molar-refractivity contribution in [2.24, 2.45) is 0 Å². The van der Waals surface area contributed by atoms with Crippen LogP contribution in [0.5, 0.6) is 0 Å². The Bertz CT molecular complexity index is 573. The first-order valence-electron chi connectivity index (χ1n) is 7.58. The maximum atomic E-state index is 12.4. The zero-order chi connectivity index (χ0) is 16.6. The lowest BCUT2D eigenvalue weighted by atomic mass is 10.1. The van der Waals surface area contributed by atoms with Gasteiger partial charge in [0.05, 0.1) is 5.69 Å². The number of ether oxygens (including phenoxy) is 1. The number of hydrogen-bond donors (Lipinski definition) is 0. The maximum absolute atomic E-state index is 12.4. The molecule has 0 unspecified atom stereocenters. The van der Waals surface area contributed by atoms with E-state index < -0.39 is 11.7 Å². The standard InChI is InChI=1S/C19H25NO2/c1-6-8-9-12-16-13-10-11-14-17(16)20(15-7-2)18(21)22-19(3,4)5/h7,10-11,13-14H,2,6,8,15H2,1,3-5H3. The first kappa shape index (κ1) is 17.8. The van der Waals surface area contributed by atoms with Crippen LogP contribution in [0.4, 0.5) is 10.5 Å². The molecule has 0 heterocycles. The van der Waals surface area contributed by atoms with Crippen LogP contribution >= 0.6 is 0 Å². The molecule has 0 bridgehead atoms. The van der Waals surface area contributed by atoms with Gasteiger partial charge < -0.3 is 4.74 Å². The number of anilines is 1. The van der Waals surface area contributed by atoms with Crippen molar-refractivity contribution in [3.63, 3.8) is 0 Å². The van der Waals surface area contributed by atoms with Gasteiger partial charge in [-0.3, -0.25) is 4.90 Å². The summed E-state index contributed by atoms with van der Waals surface area (Å²) in [5.74, 6) is 6.26. The highest BCUT2D eigenvalue weighted by molar-refractivity contribution is 5.90. The number of benzene rings is 1. The van der Waals surface area contributed by atoms with E-state index in [2.05, 4.69) is 25.3 Å². The molecule has 118 valence electrons. The van der Waals surface area contributed by atoms with E-state index in [4.69, 9.17) is 4.74 Å². The molecular weight excluding hydrogens is 274 g/mol. The normalized spacial score (nSPS) is 10.4. The van der Waals surface area contributed by atoms with E-state index >= 15 is 0 Å². The Morgan fingerprint density at radius 1 is 1.36 bits per heavy atom. The summed E-state index contributed by atoms with van der Waals surface area (Å²) in [6.45, 7) is 11.7. The third-order valence-corrected chi connectivity index (χ3v) is 2.72. The molecule has 0 aliphatic carbocycles. The number of rotatable bonds is 4. The average Bonchev–Trinajstić information content (AvgIpc) is 2.44. The first-order chi connectivity index (χ1) is 10.4. The fourth-order valence-corrected chi connectivity index (χ4v) is 1.81. The fraction of sp³-hybridized carbons (Fsp3) is 0.421. The Labute approximate surface area is 134 Å². The Hall–Kier alpha value is -2.21. The number of unbranched alkanes of at least 4 members (excludes halogenated alkanes) is 1. The second kappa shape index (κ2) is 8.29. The summed E-state index contributed by atoms with van der Waals surface area (Å²) in [7, 11) is 0. The fourth-order valence-electron chi connectivity index (χ4n) is 1.81. The van der Waals surface area contributed by atoms with Crippen LogP contribution in [0.15, 0.2) is 36.9 Å². The van der Waals surface area contributed by atoms with E-state index in [1.54, 1.807) is 11.0 Å². The number of hydrogen-bond acceptors (Lipinski definition) is 2. The maximum Gasteiger partial charge on any atom is 0.415 e. The van der Waals surface area contributed by atoms with E-state index in [1.807, 2.05) is 45.0 Å². The number of para-hydroxylation sites is 1. The molecule has 0 aliphatic heterocycles. The van der Waals surface area contributed by atoms with Crippen molar-refractivity contribution in [1.29, 1.82) is 0 Å². The summed E-state index contributed by atoms with van der Waals surface area (Å²) in [4.78, 5) is 14.0. The van der Waals surface area contributed by atoms with Gasteiger partial charge in [-0.05, 0) is 39.3 Å². The number of carbonyl (C=O) groups is 1. The highest BCUT2D eigenvalue weighted by atomic mass is 16.6. The third-order valence-electron chi connectivity index (χ3n) is 2.72. The lowest BCUT2D eigenvalue weighted by molar-refractivity contribution is 0.0584. The van der Waals surface area contributed by atoms with Gasteiger partial charge in [-0.15, -0.1) is 6.58 Å². The van der Waals surface area contributed by atoms with E-state index in [1.165, 1.54) is 0 Å². The molecule has 0 spiro atoms. The van der Waals surface area contributed by atoms with Crippen LogP contribution in [0, 0.1) is 11.8 Å². The minimum atomic E-state index is -0.542. The van der Waals surface area contributed by atoms with Crippen molar-refractivity contribution in [3.8, 4) is 11.8 Å². The second-order valence-electron chi connectivity index (χ2n) is 5.95. The molecule has 0 fully saturated rings. The highest BCUT2D eigenvalue weighted by Crippen LogP contribution is 2.22. The lowest BCUT2D eigenvalue weighted by Gasteiger charge is -2.27. The Kier molecular flexibility index (Phi) is 6.72. The smallest absolute Gasteiger partial charge is 0.415 e. The van der Waals surface area contributed by atoms with Crippen LogP contribution in [0.2, 0.25) is 0 Å². The van der Waals surface area contributed by atoms with Crippen molar-refractivity contribution in [1.82, 2.24) is 0 Å². The second-order valence-corrected chi connectivity index (χ2v) is 5.95. The zero-order valence-corrected chi connectivity index (χ0v) is 14.0. The van der Waals surface area contributed by atoms with E-state index in [-0.39, 0.29) is 0 Å². The largest absolute Gasteiger partial charge is 0.443 e. The summed E-state index contributed by atoms with van der Waals surface area (Å²) >= 11 is 0. The minimum Gasteiger partial charge on any atom is -0.443 e. The quantitative estimate of drug-likeness (QED) is 0.592. The Balaban J connectivity index is 3.14. The van der Waals surface area contributed by atoms with Crippen LogP contribution < -0.4 is 4.90 Å². The highest BCUT2D eigenvalue weighted by Gasteiger charge is 2.23. The molecule has 0 atom stereocenters. The molecule has 22 heavy (non-hydrogen) atoms. The predicted molar refractivity (Wildman–Crippen MR) is 92.0 cm³/mol. The molecule has 3 nitrogen and oxygen atoms in total. The van der Waals surface area contributed by atoms with Crippen molar-refractivity contribution in [2.45, 2.75) is 46.1 Å². The summed E-state index contributed by atoms with van der Waals surface area (Å²) in [6.07, 6.45) is 3.14. The third kappa shape index (κ3) is 5.65. The molecule has 0 radical (unpaired) electrons. The molecule has 0 saturated carbocycles. The van der Waals surface area contributed by atoms with Gasteiger partial charge in [0.25, 0.3) is 0 Å². The van der Waals surface area contributed by atoms with Gasteiger partial charge in [-0.25, -0.2) is 4.79 Å². The van der Waals surface area contributed by atoms with Crippen LogP contribution in [0.25, 0.3) is 0 Å². The topological polar surface area (TPSA) is 29.5 Å². The van der Waals surface area contributed by atoms with Gasteiger partial charge in [0.1, 0.15) is 5.60 Å². The first-order valence-corrected chi connectivity index (χ1v) is 7.58. The van der Waals surface area contributed by atoms with Crippen molar-refractivity contribution >= 4 is 11.8 Å². The lowest BCUT2D eigenvalue weighted by Crippen LogP contribution is -2.37. The van der Waals surface area contributed by atoms with E-state index in [9.17, 15) is 4.79 Å².